The average molecular weight is 327 g/mol. The summed E-state index contributed by atoms with van der Waals surface area (Å²) in [5.74, 6) is 0.845. The highest BCUT2D eigenvalue weighted by atomic mass is 79.9. The molecular formula is C15H23BrN2O. The van der Waals surface area contributed by atoms with Crippen LogP contribution >= 0.6 is 15.9 Å². The summed E-state index contributed by atoms with van der Waals surface area (Å²) in [5, 5.41) is 3.16. The molecule has 0 saturated heterocycles. The van der Waals surface area contributed by atoms with Crippen LogP contribution < -0.4 is 10.2 Å². The van der Waals surface area contributed by atoms with Gasteiger partial charge in [0.25, 0.3) is 0 Å². The van der Waals surface area contributed by atoms with Gasteiger partial charge in [0.15, 0.2) is 0 Å². The number of nitrogens with zero attached hydrogens (tertiary/aromatic N) is 1. The van der Waals surface area contributed by atoms with Crippen LogP contribution in [0.25, 0.3) is 0 Å². The van der Waals surface area contributed by atoms with Gasteiger partial charge in [0.1, 0.15) is 0 Å². The molecule has 0 aromatic heterocycles. The number of hydrogen-bond acceptors (Lipinski definition) is 3. The highest BCUT2D eigenvalue weighted by Gasteiger charge is 2.21. The number of likely N-dealkylation sites (N-methyl/N-ethyl adjacent to an activating group) is 1. The largest absolute Gasteiger partial charge is 0.379 e. The monoisotopic (exact) mass is 326 g/mol. The Labute approximate surface area is 124 Å². The minimum absolute atomic E-state index is 0.803. The van der Waals surface area contributed by atoms with Crippen LogP contribution in [0.1, 0.15) is 18.4 Å². The van der Waals surface area contributed by atoms with E-state index in [0.717, 1.165) is 36.7 Å². The summed E-state index contributed by atoms with van der Waals surface area (Å²) in [7, 11) is 4.07. The Balaban J connectivity index is 1.81. The molecule has 1 N–H and O–H groups in total. The molecule has 0 spiro atoms. The number of halogens is 1. The van der Waals surface area contributed by atoms with Crippen molar-refractivity contribution >= 4 is 21.6 Å². The maximum atomic E-state index is 5.68. The van der Waals surface area contributed by atoms with Gasteiger partial charge in [-0.2, -0.15) is 0 Å². The third kappa shape index (κ3) is 4.79. The zero-order valence-electron chi connectivity index (χ0n) is 11.8. The summed E-state index contributed by atoms with van der Waals surface area (Å²) >= 11 is 3.65. The SMILES string of the molecule is CNCc1ccc(N(C)CCOCC2CC2)c(Br)c1. The Morgan fingerprint density at radius 3 is 2.84 bits per heavy atom. The van der Waals surface area contributed by atoms with Gasteiger partial charge in [-0.25, -0.2) is 0 Å². The number of hydrogen-bond donors (Lipinski definition) is 1. The molecule has 0 bridgehead atoms. The van der Waals surface area contributed by atoms with Gasteiger partial charge in [0, 0.05) is 31.2 Å². The maximum Gasteiger partial charge on any atom is 0.0641 e. The number of ether oxygens (including phenoxy) is 1. The normalized spacial score (nSPS) is 14.7. The minimum Gasteiger partial charge on any atom is -0.379 e. The Morgan fingerprint density at radius 2 is 2.21 bits per heavy atom. The molecule has 4 heteroatoms. The van der Waals surface area contributed by atoms with Crippen molar-refractivity contribution in [2.24, 2.45) is 5.92 Å². The first-order chi connectivity index (χ1) is 9.20. The van der Waals surface area contributed by atoms with E-state index in [2.05, 4.69) is 51.4 Å². The topological polar surface area (TPSA) is 24.5 Å². The molecular weight excluding hydrogens is 304 g/mol. The molecule has 1 aromatic rings. The molecule has 0 heterocycles. The highest BCUT2D eigenvalue weighted by molar-refractivity contribution is 9.10. The smallest absolute Gasteiger partial charge is 0.0641 e. The van der Waals surface area contributed by atoms with Gasteiger partial charge in [-0.05, 0) is 59.4 Å². The van der Waals surface area contributed by atoms with E-state index in [9.17, 15) is 0 Å². The number of nitrogens with one attached hydrogen (secondary N) is 1. The van der Waals surface area contributed by atoms with Gasteiger partial charge < -0.3 is 15.0 Å². The third-order valence-corrected chi connectivity index (χ3v) is 4.06. The molecule has 1 aliphatic carbocycles. The lowest BCUT2D eigenvalue weighted by Crippen LogP contribution is -2.23. The first-order valence-corrected chi connectivity index (χ1v) is 7.72. The highest BCUT2D eigenvalue weighted by Crippen LogP contribution is 2.29. The molecule has 2 rings (SSSR count). The zero-order valence-corrected chi connectivity index (χ0v) is 13.4. The Morgan fingerprint density at radius 1 is 1.42 bits per heavy atom. The zero-order chi connectivity index (χ0) is 13.7. The Hall–Kier alpha value is -0.580. The Kier molecular flexibility index (Phi) is 5.67. The van der Waals surface area contributed by atoms with Crippen molar-refractivity contribution in [3.05, 3.63) is 28.2 Å². The molecule has 0 aliphatic heterocycles. The fourth-order valence-electron chi connectivity index (χ4n) is 2.03. The van der Waals surface area contributed by atoms with Crippen molar-refractivity contribution in [3.8, 4) is 0 Å². The third-order valence-electron chi connectivity index (χ3n) is 3.43. The molecule has 0 unspecified atom stereocenters. The molecule has 1 aliphatic rings. The summed E-state index contributed by atoms with van der Waals surface area (Å²) in [6, 6.07) is 6.50. The second-order valence-corrected chi connectivity index (χ2v) is 6.11. The van der Waals surface area contributed by atoms with E-state index in [4.69, 9.17) is 4.74 Å². The van der Waals surface area contributed by atoms with Gasteiger partial charge in [-0.15, -0.1) is 0 Å². The Bertz CT molecular complexity index is 407. The van der Waals surface area contributed by atoms with Crippen molar-refractivity contribution in [1.82, 2.24) is 5.32 Å². The summed E-state index contributed by atoms with van der Waals surface area (Å²) in [5.41, 5.74) is 2.51. The number of anilines is 1. The van der Waals surface area contributed by atoms with Crippen LogP contribution in [0, 0.1) is 5.92 Å². The van der Waals surface area contributed by atoms with Gasteiger partial charge >= 0.3 is 0 Å². The lowest BCUT2D eigenvalue weighted by molar-refractivity contribution is 0.131. The van der Waals surface area contributed by atoms with Gasteiger partial charge in [-0.1, -0.05) is 6.07 Å². The molecule has 1 saturated carbocycles. The first kappa shape index (κ1) is 14.8. The van der Waals surface area contributed by atoms with Crippen LogP contribution in [0.3, 0.4) is 0 Å². The van der Waals surface area contributed by atoms with E-state index < -0.39 is 0 Å². The maximum absolute atomic E-state index is 5.68. The lowest BCUT2D eigenvalue weighted by atomic mass is 10.2. The van der Waals surface area contributed by atoms with Crippen molar-refractivity contribution in [1.29, 1.82) is 0 Å². The molecule has 3 nitrogen and oxygen atoms in total. The molecule has 0 atom stereocenters. The quantitative estimate of drug-likeness (QED) is 0.743. The second kappa shape index (κ2) is 7.27. The minimum atomic E-state index is 0.803. The van der Waals surface area contributed by atoms with Crippen molar-refractivity contribution in [3.63, 3.8) is 0 Å². The average Bonchev–Trinajstić information content (AvgIpc) is 3.19. The number of rotatable bonds is 8. The van der Waals surface area contributed by atoms with E-state index in [0.29, 0.717) is 0 Å². The van der Waals surface area contributed by atoms with Crippen molar-refractivity contribution < 1.29 is 4.74 Å². The fourth-order valence-corrected chi connectivity index (χ4v) is 2.76. The van der Waals surface area contributed by atoms with E-state index in [-0.39, 0.29) is 0 Å². The first-order valence-electron chi connectivity index (χ1n) is 6.92. The van der Waals surface area contributed by atoms with Crippen molar-refractivity contribution in [2.75, 3.05) is 38.8 Å². The second-order valence-electron chi connectivity index (χ2n) is 5.26. The van der Waals surface area contributed by atoms with E-state index >= 15 is 0 Å². The summed E-state index contributed by atoms with van der Waals surface area (Å²) < 4.78 is 6.83. The number of benzene rings is 1. The fraction of sp³-hybridized carbons (Fsp3) is 0.600. The molecule has 1 fully saturated rings. The van der Waals surface area contributed by atoms with Crippen LogP contribution in [0.5, 0.6) is 0 Å². The molecule has 0 radical (unpaired) electrons. The van der Waals surface area contributed by atoms with Crippen LogP contribution in [-0.4, -0.2) is 33.9 Å². The standard InChI is InChI=1S/C15H23BrN2O/c1-17-10-13-5-6-15(14(16)9-13)18(2)7-8-19-11-12-3-4-12/h5-6,9,12,17H,3-4,7-8,10-11H2,1-2H3. The molecule has 1 aromatic carbocycles. The van der Waals surface area contributed by atoms with Crippen LogP contribution in [0.4, 0.5) is 5.69 Å². The van der Waals surface area contributed by atoms with Crippen LogP contribution in [0.15, 0.2) is 22.7 Å². The van der Waals surface area contributed by atoms with Crippen molar-refractivity contribution in [2.45, 2.75) is 19.4 Å². The van der Waals surface area contributed by atoms with E-state index in [1.54, 1.807) is 0 Å². The van der Waals surface area contributed by atoms with Crippen LogP contribution in [-0.2, 0) is 11.3 Å². The summed E-state index contributed by atoms with van der Waals surface area (Å²) in [6.07, 6.45) is 2.71. The van der Waals surface area contributed by atoms with E-state index in [1.807, 2.05) is 7.05 Å². The predicted molar refractivity (Wildman–Crippen MR) is 83.7 cm³/mol. The lowest BCUT2D eigenvalue weighted by Gasteiger charge is -2.21. The summed E-state index contributed by atoms with van der Waals surface area (Å²) in [4.78, 5) is 2.24. The van der Waals surface area contributed by atoms with Gasteiger partial charge in [0.2, 0.25) is 0 Å². The predicted octanol–water partition coefficient (Wildman–Crippen LogP) is 3.03. The van der Waals surface area contributed by atoms with Crippen LogP contribution in [0.2, 0.25) is 0 Å². The summed E-state index contributed by atoms with van der Waals surface area (Å²) in [6.45, 7) is 3.57. The molecule has 19 heavy (non-hydrogen) atoms. The van der Waals surface area contributed by atoms with Gasteiger partial charge in [-0.3, -0.25) is 0 Å². The molecule has 106 valence electrons. The van der Waals surface area contributed by atoms with E-state index in [1.165, 1.54) is 24.1 Å². The molecule has 0 amide bonds. The van der Waals surface area contributed by atoms with Gasteiger partial charge in [0.05, 0.1) is 12.3 Å².